The van der Waals surface area contributed by atoms with E-state index < -0.39 is 0 Å². The van der Waals surface area contributed by atoms with E-state index in [1.165, 1.54) is 57.9 Å². The Bertz CT molecular complexity index is 191. The normalized spacial score (nSPS) is 46.4. The number of hydrogen-bond acceptors (Lipinski definition) is 1. The zero-order valence-electron chi connectivity index (χ0n) is 9.88. The third kappa shape index (κ3) is 1.95. The van der Waals surface area contributed by atoms with E-state index >= 15 is 0 Å². The van der Waals surface area contributed by atoms with Crippen LogP contribution in [0.1, 0.15) is 57.8 Å². The van der Waals surface area contributed by atoms with Crippen LogP contribution >= 0.6 is 0 Å². The minimum absolute atomic E-state index is 0.895. The fourth-order valence-corrected chi connectivity index (χ4v) is 4.54. The highest BCUT2D eigenvalue weighted by atomic mass is 14.9. The Morgan fingerprint density at radius 1 is 0.667 bits per heavy atom. The molecule has 15 heavy (non-hydrogen) atoms. The molecule has 4 unspecified atom stereocenters. The van der Waals surface area contributed by atoms with Crippen LogP contribution in [0, 0.1) is 17.8 Å². The standard InChI is InChI=1S/C14H25N/c1-2-6-12-11(5-1)9-10-15-14-8-4-3-7-13(12)14/h11-15H,1-10H2. The number of hydrogen-bond donors (Lipinski definition) is 1. The summed E-state index contributed by atoms with van der Waals surface area (Å²) >= 11 is 0. The summed E-state index contributed by atoms with van der Waals surface area (Å²) in [7, 11) is 0. The summed E-state index contributed by atoms with van der Waals surface area (Å²) in [5.74, 6) is 3.23. The summed E-state index contributed by atoms with van der Waals surface area (Å²) in [5.41, 5.74) is 0. The van der Waals surface area contributed by atoms with Gasteiger partial charge in [-0.1, -0.05) is 32.1 Å². The lowest BCUT2D eigenvalue weighted by Gasteiger charge is -2.40. The predicted molar refractivity (Wildman–Crippen MR) is 63.8 cm³/mol. The molecule has 4 atom stereocenters. The molecule has 3 fully saturated rings. The zero-order valence-corrected chi connectivity index (χ0v) is 9.88. The lowest BCUT2D eigenvalue weighted by molar-refractivity contribution is 0.120. The molecule has 3 aliphatic rings. The van der Waals surface area contributed by atoms with Gasteiger partial charge in [-0.3, -0.25) is 0 Å². The van der Waals surface area contributed by atoms with Crippen molar-refractivity contribution in [2.45, 2.75) is 63.8 Å². The average molecular weight is 207 g/mol. The van der Waals surface area contributed by atoms with Gasteiger partial charge in [0.05, 0.1) is 0 Å². The maximum atomic E-state index is 3.84. The fraction of sp³-hybridized carbons (Fsp3) is 1.00. The van der Waals surface area contributed by atoms with Gasteiger partial charge in [0.15, 0.2) is 0 Å². The molecular formula is C14H25N. The SMILES string of the molecule is C1CCC2C(C1)CCNC1CCCCC12. The highest BCUT2D eigenvalue weighted by Gasteiger charge is 2.38. The van der Waals surface area contributed by atoms with E-state index in [4.69, 9.17) is 0 Å². The van der Waals surface area contributed by atoms with Crippen LogP contribution in [0.25, 0.3) is 0 Å². The molecule has 0 radical (unpaired) electrons. The van der Waals surface area contributed by atoms with Crippen molar-refractivity contribution in [3.05, 3.63) is 0 Å². The van der Waals surface area contributed by atoms with Crippen LogP contribution in [0.4, 0.5) is 0 Å². The number of rotatable bonds is 0. The number of fused-ring (bicyclic) bond motifs is 3. The first-order valence-electron chi connectivity index (χ1n) is 7.18. The molecule has 86 valence electrons. The molecular weight excluding hydrogens is 182 g/mol. The molecule has 1 heterocycles. The van der Waals surface area contributed by atoms with Gasteiger partial charge in [0.25, 0.3) is 0 Å². The fourth-order valence-electron chi connectivity index (χ4n) is 4.54. The van der Waals surface area contributed by atoms with Crippen molar-refractivity contribution in [3.63, 3.8) is 0 Å². The largest absolute Gasteiger partial charge is 0.314 e. The van der Waals surface area contributed by atoms with Crippen LogP contribution in [0.3, 0.4) is 0 Å². The minimum atomic E-state index is 0.895. The third-order valence-corrected chi connectivity index (χ3v) is 5.26. The summed E-state index contributed by atoms with van der Waals surface area (Å²) < 4.78 is 0. The summed E-state index contributed by atoms with van der Waals surface area (Å²) in [5, 5.41) is 3.84. The second-order valence-corrected chi connectivity index (χ2v) is 6.01. The Morgan fingerprint density at radius 3 is 2.33 bits per heavy atom. The van der Waals surface area contributed by atoms with E-state index in [1.54, 1.807) is 6.42 Å². The van der Waals surface area contributed by atoms with E-state index in [0.29, 0.717) is 0 Å². The van der Waals surface area contributed by atoms with Crippen LogP contribution in [0.2, 0.25) is 0 Å². The van der Waals surface area contributed by atoms with Crippen LogP contribution in [0.15, 0.2) is 0 Å². The Labute approximate surface area is 94.0 Å². The molecule has 3 rings (SSSR count). The van der Waals surface area contributed by atoms with Gasteiger partial charge in [0.1, 0.15) is 0 Å². The summed E-state index contributed by atoms with van der Waals surface area (Å²) in [6, 6.07) is 0.895. The van der Waals surface area contributed by atoms with Crippen molar-refractivity contribution in [2.75, 3.05) is 6.54 Å². The molecule has 0 aromatic heterocycles. The highest BCUT2D eigenvalue weighted by molar-refractivity contribution is 4.92. The first kappa shape index (κ1) is 10.1. The van der Waals surface area contributed by atoms with Crippen LogP contribution < -0.4 is 5.32 Å². The van der Waals surface area contributed by atoms with Crippen LogP contribution in [-0.2, 0) is 0 Å². The molecule has 1 N–H and O–H groups in total. The highest BCUT2D eigenvalue weighted by Crippen LogP contribution is 2.44. The Morgan fingerprint density at radius 2 is 1.40 bits per heavy atom. The van der Waals surface area contributed by atoms with Gasteiger partial charge in [-0.2, -0.15) is 0 Å². The topological polar surface area (TPSA) is 12.0 Å². The second kappa shape index (κ2) is 4.45. The molecule has 1 nitrogen and oxygen atoms in total. The smallest absolute Gasteiger partial charge is 0.00980 e. The average Bonchev–Trinajstić information content (AvgIpc) is 2.48. The van der Waals surface area contributed by atoms with E-state index in [1.807, 2.05) is 0 Å². The maximum absolute atomic E-state index is 3.84. The van der Waals surface area contributed by atoms with Gasteiger partial charge in [0, 0.05) is 6.04 Å². The Balaban J connectivity index is 1.77. The van der Waals surface area contributed by atoms with Crippen molar-refractivity contribution in [3.8, 4) is 0 Å². The maximum Gasteiger partial charge on any atom is 0.00980 e. The van der Waals surface area contributed by atoms with Gasteiger partial charge in [-0.25, -0.2) is 0 Å². The minimum Gasteiger partial charge on any atom is -0.314 e. The van der Waals surface area contributed by atoms with E-state index in [0.717, 1.165) is 23.8 Å². The van der Waals surface area contributed by atoms with Crippen molar-refractivity contribution in [1.82, 2.24) is 5.32 Å². The van der Waals surface area contributed by atoms with E-state index in [-0.39, 0.29) is 0 Å². The Hall–Kier alpha value is -0.0400. The second-order valence-electron chi connectivity index (χ2n) is 6.01. The Kier molecular flexibility index (Phi) is 3.01. The lowest BCUT2D eigenvalue weighted by atomic mass is 9.66. The molecule has 2 saturated carbocycles. The summed E-state index contributed by atoms with van der Waals surface area (Å²) in [4.78, 5) is 0. The predicted octanol–water partition coefficient (Wildman–Crippen LogP) is 3.34. The molecule has 0 aromatic carbocycles. The van der Waals surface area contributed by atoms with Crippen LogP contribution in [-0.4, -0.2) is 12.6 Å². The van der Waals surface area contributed by atoms with Crippen molar-refractivity contribution < 1.29 is 0 Å². The first-order chi connectivity index (χ1) is 7.45. The molecule has 0 amide bonds. The van der Waals surface area contributed by atoms with Gasteiger partial charge in [-0.15, -0.1) is 0 Å². The van der Waals surface area contributed by atoms with Crippen LogP contribution in [0.5, 0.6) is 0 Å². The zero-order chi connectivity index (χ0) is 10.1. The quantitative estimate of drug-likeness (QED) is 0.642. The molecule has 1 aliphatic heterocycles. The van der Waals surface area contributed by atoms with Crippen molar-refractivity contribution in [1.29, 1.82) is 0 Å². The molecule has 0 spiro atoms. The first-order valence-corrected chi connectivity index (χ1v) is 7.18. The molecule has 0 bridgehead atoms. The monoisotopic (exact) mass is 207 g/mol. The van der Waals surface area contributed by atoms with E-state index in [2.05, 4.69) is 5.32 Å². The van der Waals surface area contributed by atoms with Gasteiger partial charge in [0.2, 0.25) is 0 Å². The molecule has 2 aliphatic carbocycles. The lowest BCUT2D eigenvalue weighted by Crippen LogP contribution is -2.41. The number of nitrogens with one attached hydrogen (secondary N) is 1. The summed E-state index contributed by atoms with van der Waals surface area (Å²) in [6.45, 7) is 1.31. The molecule has 1 saturated heterocycles. The van der Waals surface area contributed by atoms with Crippen molar-refractivity contribution >= 4 is 0 Å². The van der Waals surface area contributed by atoms with Gasteiger partial charge < -0.3 is 5.32 Å². The molecule has 1 heteroatoms. The third-order valence-electron chi connectivity index (χ3n) is 5.26. The van der Waals surface area contributed by atoms with Gasteiger partial charge >= 0.3 is 0 Å². The molecule has 0 aromatic rings. The summed E-state index contributed by atoms with van der Waals surface area (Å²) in [6.07, 6.45) is 13.6. The van der Waals surface area contributed by atoms with Gasteiger partial charge in [-0.05, 0) is 50.0 Å². The van der Waals surface area contributed by atoms with E-state index in [9.17, 15) is 0 Å². The van der Waals surface area contributed by atoms with Crippen molar-refractivity contribution in [2.24, 2.45) is 17.8 Å².